The van der Waals surface area contributed by atoms with Gasteiger partial charge in [0, 0.05) is 17.5 Å². The summed E-state index contributed by atoms with van der Waals surface area (Å²) in [6.45, 7) is 3.73. The highest BCUT2D eigenvalue weighted by atomic mass is 16.6. The van der Waals surface area contributed by atoms with E-state index in [2.05, 4.69) is 10.3 Å². The van der Waals surface area contributed by atoms with E-state index in [1.165, 1.54) is 12.1 Å². The third-order valence-electron chi connectivity index (χ3n) is 3.63. The number of aromatic amines is 1. The van der Waals surface area contributed by atoms with E-state index in [4.69, 9.17) is 0 Å². The smallest absolute Gasteiger partial charge is 0.321 e. The van der Waals surface area contributed by atoms with Gasteiger partial charge in [-0.25, -0.2) is 4.98 Å². The van der Waals surface area contributed by atoms with Crippen LogP contribution < -0.4 is 5.32 Å². The topological polar surface area (TPSA) is 108 Å². The molecule has 1 saturated carbocycles. The highest BCUT2D eigenvalue weighted by Crippen LogP contribution is 2.40. The molecule has 2 unspecified atom stereocenters. The van der Waals surface area contributed by atoms with E-state index in [0.29, 0.717) is 6.42 Å². The van der Waals surface area contributed by atoms with Gasteiger partial charge in [-0.15, -0.1) is 0 Å². The number of nitrogens with zero attached hydrogens (tertiary/aromatic N) is 1. The van der Waals surface area contributed by atoms with Gasteiger partial charge >= 0.3 is 5.82 Å². The van der Waals surface area contributed by atoms with Crippen molar-refractivity contribution in [2.75, 3.05) is 0 Å². The molecule has 0 aromatic carbocycles. The minimum atomic E-state index is -0.589. The number of amides is 1. The highest BCUT2D eigenvalue weighted by molar-refractivity contribution is 5.93. The monoisotopic (exact) mass is 253 g/mol. The van der Waals surface area contributed by atoms with E-state index in [9.17, 15) is 20.0 Å². The molecule has 0 bridgehead atoms. The Morgan fingerprint density at radius 2 is 2.28 bits per heavy atom. The molecule has 1 aromatic rings. The predicted octanol–water partition coefficient (Wildman–Crippen LogP) is 0.812. The largest absolute Gasteiger partial charge is 0.392 e. The highest BCUT2D eigenvalue weighted by Gasteiger charge is 2.48. The molecule has 1 amide bonds. The second-order valence-corrected chi connectivity index (χ2v) is 5.11. The number of nitro groups is 1. The maximum atomic E-state index is 11.8. The molecule has 0 aliphatic heterocycles. The van der Waals surface area contributed by atoms with Gasteiger partial charge in [-0.1, -0.05) is 13.8 Å². The van der Waals surface area contributed by atoms with Crippen molar-refractivity contribution in [2.24, 2.45) is 5.41 Å². The Balaban J connectivity index is 2.02. The summed E-state index contributed by atoms with van der Waals surface area (Å²) in [5.41, 5.74) is -0.215. The molecule has 1 aliphatic rings. The van der Waals surface area contributed by atoms with Crippen LogP contribution in [0.5, 0.6) is 0 Å². The van der Waals surface area contributed by atoms with Crippen molar-refractivity contribution in [2.45, 2.75) is 32.4 Å². The van der Waals surface area contributed by atoms with Crippen LogP contribution in [0.2, 0.25) is 0 Å². The zero-order chi connectivity index (χ0) is 13.5. The molecule has 98 valence electrons. The fraction of sp³-hybridized carbons (Fsp3) is 0.545. The Morgan fingerprint density at radius 1 is 1.61 bits per heavy atom. The first-order valence-corrected chi connectivity index (χ1v) is 5.64. The van der Waals surface area contributed by atoms with Crippen LogP contribution >= 0.6 is 0 Å². The lowest BCUT2D eigenvalue weighted by atomic mass is 9.64. The lowest BCUT2D eigenvalue weighted by Crippen LogP contribution is -2.61. The molecule has 0 spiro atoms. The van der Waals surface area contributed by atoms with Crippen molar-refractivity contribution in [1.29, 1.82) is 0 Å². The van der Waals surface area contributed by atoms with E-state index in [1.807, 2.05) is 13.8 Å². The minimum Gasteiger partial charge on any atom is -0.392 e. The van der Waals surface area contributed by atoms with Crippen LogP contribution in [-0.4, -0.2) is 33.1 Å². The number of aromatic nitrogens is 1. The average Bonchev–Trinajstić information content (AvgIpc) is 2.78. The molecule has 18 heavy (non-hydrogen) atoms. The molecule has 2 atom stereocenters. The first-order chi connectivity index (χ1) is 8.32. The second kappa shape index (κ2) is 4.09. The molecule has 1 aliphatic carbocycles. The zero-order valence-corrected chi connectivity index (χ0v) is 10.1. The lowest BCUT2D eigenvalue weighted by Gasteiger charge is -2.49. The van der Waals surface area contributed by atoms with Crippen LogP contribution in [0, 0.1) is 15.5 Å². The molecule has 0 saturated heterocycles. The van der Waals surface area contributed by atoms with Crippen LogP contribution in [0.25, 0.3) is 0 Å². The molecule has 0 radical (unpaired) electrons. The Labute approximate surface area is 103 Å². The van der Waals surface area contributed by atoms with E-state index in [1.54, 1.807) is 0 Å². The number of aliphatic hydroxyl groups excluding tert-OH is 1. The third kappa shape index (κ3) is 1.97. The quantitative estimate of drug-likeness (QED) is 0.547. The second-order valence-electron chi connectivity index (χ2n) is 5.11. The number of hydrogen-bond acceptors (Lipinski definition) is 4. The van der Waals surface area contributed by atoms with Crippen molar-refractivity contribution >= 4 is 11.7 Å². The molecular formula is C11H15N3O4. The zero-order valence-electron chi connectivity index (χ0n) is 10.1. The van der Waals surface area contributed by atoms with Gasteiger partial charge in [0.15, 0.2) is 5.69 Å². The fourth-order valence-electron chi connectivity index (χ4n) is 2.01. The lowest BCUT2D eigenvalue weighted by molar-refractivity contribution is -0.389. The van der Waals surface area contributed by atoms with Crippen LogP contribution in [0.3, 0.4) is 0 Å². The predicted molar refractivity (Wildman–Crippen MR) is 63.1 cm³/mol. The Morgan fingerprint density at radius 3 is 2.72 bits per heavy atom. The first kappa shape index (κ1) is 12.6. The van der Waals surface area contributed by atoms with Gasteiger partial charge in [-0.2, -0.15) is 0 Å². The van der Waals surface area contributed by atoms with Crippen molar-refractivity contribution < 1.29 is 14.8 Å². The number of aliphatic hydroxyl groups is 1. The molecule has 1 fully saturated rings. The summed E-state index contributed by atoms with van der Waals surface area (Å²) in [7, 11) is 0. The summed E-state index contributed by atoms with van der Waals surface area (Å²) in [5, 5.41) is 22.8. The van der Waals surface area contributed by atoms with Gasteiger partial charge in [0.25, 0.3) is 5.91 Å². The van der Waals surface area contributed by atoms with E-state index < -0.39 is 16.9 Å². The van der Waals surface area contributed by atoms with Crippen molar-refractivity contribution in [3.8, 4) is 0 Å². The Bertz CT molecular complexity index is 494. The van der Waals surface area contributed by atoms with Crippen molar-refractivity contribution in [1.82, 2.24) is 10.3 Å². The first-order valence-electron chi connectivity index (χ1n) is 5.64. The number of carbonyl (C=O) groups is 1. The van der Waals surface area contributed by atoms with Gasteiger partial charge in [-0.3, -0.25) is 4.79 Å². The number of carbonyl (C=O) groups excluding carboxylic acids is 1. The van der Waals surface area contributed by atoms with Crippen LogP contribution in [-0.2, 0) is 0 Å². The van der Waals surface area contributed by atoms with E-state index in [0.717, 1.165) is 0 Å². The van der Waals surface area contributed by atoms with Crippen molar-refractivity contribution in [3.63, 3.8) is 0 Å². The summed E-state index contributed by atoms with van der Waals surface area (Å²) in [6.07, 6.45) is 0.0717. The fourth-order valence-corrected chi connectivity index (χ4v) is 2.01. The number of H-pyrrole nitrogens is 1. The maximum absolute atomic E-state index is 11.8. The summed E-state index contributed by atoms with van der Waals surface area (Å²) in [6, 6.07) is 2.49. The Hall–Kier alpha value is -1.89. The summed E-state index contributed by atoms with van der Waals surface area (Å²) >= 11 is 0. The van der Waals surface area contributed by atoms with Gasteiger partial charge < -0.3 is 20.5 Å². The average molecular weight is 253 g/mol. The molecule has 1 heterocycles. The molecule has 3 N–H and O–H groups in total. The maximum Gasteiger partial charge on any atom is 0.321 e. The van der Waals surface area contributed by atoms with E-state index >= 15 is 0 Å². The number of nitrogens with one attached hydrogen (secondary N) is 2. The molecular weight excluding hydrogens is 238 g/mol. The summed E-state index contributed by atoms with van der Waals surface area (Å²) in [4.78, 5) is 24.2. The minimum absolute atomic E-state index is 0.123. The normalized spacial score (nSPS) is 25.3. The Kier molecular flexibility index (Phi) is 2.86. The molecule has 7 heteroatoms. The number of rotatable bonds is 3. The van der Waals surface area contributed by atoms with Crippen LogP contribution in [0.15, 0.2) is 12.1 Å². The third-order valence-corrected chi connectivity index (χ3v) is 3.63. The van der Waals surface area contributed by atoms with Gasteiger partial charge in [-0.05, 0) is 17.4 Å². The van der Waals surface area contributed by atoms with Gasteiger partial charge in [0.05, 0.1) is 6.10 Å². The van der Waals surface area contributed by atoms with Crippen molar-refractivity contribution in [3.05, 3.63) is 27.9 Å². The van der Waals surface area contributed by atoms with Gasteiger partial charge in [0.1, 0.15) is 0 Å². The summed E-state index contributed by atoms with van der Waals surface area (Å²) < 4.78 is 0. The van der Waals surface area contributed by atoms with Crippen LogP contribution in [0.4, 0.5) is 5.82 Å². The molecule has 2 rings (SSSR count). The van der Waals surface area contributed by atoms with E-state index in [-0.39, 0.29) is 23.0 Å². The number of hydrogen-bond donors (Lipinski definition) is 3. The molecule has 1 aromatic heterocycles. The van der Waals surface area contributed by atoms with Crippen LogP contribution in [0.1, 0.15) is 30.8 Å². The standard InChI is InChI=1S/C11H15N3O4/c1-11(2)7(5-8(11)15)13-10(16)6-3-4-9(12-6)14(17)18/h3-4,7-8,12,15H,5H2,1-2H3,(H,13,16). The summed E-state index contributed by atoms with van der Waals surface area (Å²) in [5.74, 6) is -0.610. The van der Waals surface area contributed by atoms with Gasteiger partial charge in [0.2, 0.25) is 0 Å². The SMILES string of the molecule is CC1(C)C(O)CC1NC(=O)c1ccc([N+](=O)[O-])[nH]1. The molecule has 7 nitrogen and oxygen atoms in total.